The Morgan fingerprint density at radius 3 is 2.43 bits per heavy atom. The van der Waals surface area contributed by atoms with E-state index in [-0.39, 0.29) is 11.4 Å². The molecule has 3 rings (SSSR count). The Morgan fingerprint density at radius 2 is 1.80 bits per heavy atom. The lowest BCUT2D eigenvalue weighted by Crippen LogP contribution is -2.62. The largest absolute Gasteiger partial charge is 0.492 e. The first kappa shape index (κ1) is 22.8. The molecule has 0 radical (unpaired) electrons. The van der Waals surface area contributed by atoms with E-state index in [1.807, 2.05) is 14.1 Å². The van der Waals surface area contributed by atoms with Gasteiger partial charge in [0.2, 0.25) is 0 Å². The predicted octanol–water partition coefficient (Wildman–Crippen LogP) is 2.66. The van der Waals surface area contributed by atoms with Gasteiger partial charge in [-0.3, -0.25) is 9.89 Å². The second kappa shape index (κ2) is 11.0. The molecule has 0 amide bonds. The molecule has 0 spiro atoms. The van der Waals surface area contributed by atoms with Gasteiger partial charge in [-0.1, -0.05) is 6.42 Å². The summed E-state index contributed by atoms with van der Waals surface area (Å²) in [5.41, 5.74) is 0.217. The molecule has 2 fully saturated rings. The highest BCUT2D eigenvalue weighted by molar-refractivity contribution is 5.79. The third-order valence-corrected chi connectivity index (χ3v) is 6.60. The second-order valence-electron chi connectivity index (χ2n) is 8.70. The Morgan fingerprint density at radius 1 is 1.13 bits per heavy atom. The molecule has 2 aliphatic heterocycles. The number of piperidine rings is 2. The lowest BCUT2D eigenvalue weighted by molar-refractivity contribution is 0.0170. The smallest absolute Gasteiger partial charge is 0.193 e. The maximum atomic E-state index is 13.0. The minimum atomic E-state index is -0.249. The van der Waals surface area contributed by atoms with Crippen molar-refractivity contribution in [3.8, 4) is 5.75 Å². The Balaban J connectivity index is 1.53. The number of aliphatic imine (C=N–C) groups is 1. The number of ether oxygens (including phenoxy) is 1. The molecular weight excluding hydrogens is 381 g/mol. The zero-order chi connectivity index (χ0) is 21.4. The van der Waals surface area contributed by atoms with Crippen LogP contribution in [0, 0.1) is 5.82 Å². The van der Waals surface area contributed by atoms with Crippen molar-refractivity contribution in [3.63, 3.8) is 0 Å². The molecule has 7 heteroatoms. The molecule has 0 bridgehead atoms. The third-order valence-electron chi connectivity index (χ3n) is 6.60. The van der Waals surface area contributed by atoms with Gasteiger partial charge in [-0.05, 0) is 83.2 Å². The molecule has 1 aromatic carbocycles. The molecule has 0 saturated carbocycles. The van der Waals surface area contributed by atoms with Gasteiger partial charge in [0.25, 0.3) is 0 Å². The minimum absolute atomic E-state index is 0.217. The van der Waals surface area contributed by atoms with Gasteiger partial charge in [0.15, 0.2) is 5.96 Å². The quantitative estimate of drug-likeness (QED) is 0.544. The van der Waals surface area contributed by atoms with E-state index in [1.165, 1.54) is 57.3 Å². The van der Waals surface area contributed by atoms with Gasteiger partial charge in [0.1, 0.15) is 18.2 Å². The topological polar surface area (TPSA) is 43.3 Å². The molecule has 168 valence electrons. The van der Waals surface area contributed by atoms with E-state index in [2.05, 4.69) is 32.1 Å². The molecule has 0 aliphatic carbocycles. The summed E-state index contributed by atoms with van der Waals surface area (Å²) in [6.45, 7) is 6.88. The van der Waals surface area contributed by atoms with E-state index >= 15 is 0 Å². The number of nitrogens with zero attached hydrogens (tertiary/aromatic N) is 4. The van der Waals surface area contributed by atoms with Crippen LogP contribution in [0.5, 0.6) is 5.75 Å². The number of rotatable bonds is 7. The van der Waals surface area contributed by atoms with Gasteiger partial charge in [-0.2, -0.15) is 0 Å². The molecule has 0 unspecified atom stereocenters. The van der Waals surface area contributed by atoms with Crippen molar-refractivity contribution in [2.24, 2.45) is 4.99 Å². The summed E-state index contributed by atoms with van der Waals surface area (Å²) in [6, 6.07) is 6.15. The summed E-state index contributed by atoms with van der Waals surface area (Å²) in [7, 11) is 6.09. The molecule has 2 saturated heterocycles. The number of likely N-dealkylation sites (N-methyl/N-ethyl adjacent to an activating group) is 1. The van der Waals surface area contributed by atoms with Crippen LogP contribution < -0.4 is 10.1 Å². The standard InChI is InChI=1S/C23H38FN5O/c1-25-22(28(3)17-18-30-21-9-7-20(24)8-10-21)26-19-23(11-15-27(2)16-12-23)29-13-5-4-6-14-29/h7-10H,4-6,11-19H2,1-3H3,(H,25,26). The summed E-state index contributed by atoms with van der Waals surface area (Å²) in [6.07, 6.45) is 6.38. The Bertz CT molecular complexity index is 667. The molecule has 2 heterocycles. The van der Waals surface area contributed by atoms with Crippen LogP contribution in [0.4, 0.5) is 4.39 Å². The van der Waals surface area contributed by atoms with E-state index in [0.717, 1.165) is 25.6 Å². The highest BCUT2D eigenvalue weighted by Gasteiger charge is 2.39. The van der Waals surface area contributed by atoms with E-state index in [0.29, 0.717) is 18.9 Å². The molecule has 2 aliphatic rings. The average molecular weight is 420 g/mol. The lowest BCUT2D eigenvalue weighted by Gasteiger charge is -2.50. The number of halogens is 1. The fraction of sp³-hybridized carbons (Fsp3) is 0.696. The van der Waals surface area contributed by atoms with Crippen LogP contribution in [0.1, 0.15) is 32.1 Å². The molecule has 0 aromatic heterocycles. The summed E-state index contributed by atoms with van der Waals surface area (Å²) in [5, 5.41) is 3.66. The van der Waals surface area contributed by atoms with Crippen LogP contribution in [0.3, 0.4) is 0 Å². The van der Waals surface area contributed by atoms with Crippen molar-refractivity contribution in [2.75, 3.05) is 67.0 Å². The number of hydrogen-bond acceptors (Lipinski definition) is 4. The van der Waals surface area contributed by atoms with Gasteiger partial charge in [-0.25, -0.2) is 4.39 Å². The first-order chi connectivity index (χ1) is 14.5. The summed E-state index contributed by atoms with van der Waals surface area (Å²) >= 11 is 0. The molecule has 1 N–H and O–H groups in total. The number of benzene rings is 1. The first-order valence-electron chi connectivity index (χ1n) is 11.3. The van der Waals surface area contributed by atoms with Crippen LogP contribution in [-0.4, -0.2) is 93.2 Å². The van der Waals surface area contributed by atoms with Crippen LogP contribution in [0.25, 0.3) is 0 Å². The molecule has 1 aromatic rings. The third kappa shape index (κ3) is 6.08. The lowest BCUT2D eigenvalue weighted by atomic mass is 9.84. The Labute approximate surface area is 181 Å². The number of likely N-dealkylation sites (tertiary alicyclic amines) is 2. The number of guanidine groups is 1. The molecular formula is C23H38FN5O. The SMILES string of the molecule is CN=C(NCC1(N2CCCCC2)CCN(C)CC1)N(C)CCOc1ccc(F)cc1. The van der Waals surface area contributed by atoms with Crippen molar-refractivity contribution in [3.05, 3.63) is 30.1 Å². The highest BCUT2D eigenvalue weighted by atomic mass is 19.1. The molecule has 6 nitrogen and oxygen atoms in total. The summed E-state index contributed by atoms with van der Waals surface area (Å²) in [5.74, 6) is 1.33. The van der Waals surface area contributed by atoms with E-state index < -0.39 is 0 Å². The summed E-state index contributed by atoms with van der Waals surface area (Å²) < 4.78 is 18.8. The van der Waals surface area contributed by atoms with Crippen molar-refractivity contribution >= 4 is 5.96 Å². The predicted molar refractivity (Wildman–Crippen MR) is 121 cm³/mol. The fourth-order valence-corrected chi connectivity index (χ4v) is 4.57. The zero-order valence-electron chi connectivity index (χ0n) is 18.9. The van der Waals surface area contributed by atoms with Gasteiger partial charge < -0.3 is 19.9 Å². The maximum absolute atomic E-state index is 13.0. The normalized spacial score (nSPS) is 20.7. The molecule has 30 heavy (non-hydrogen) atoms. The van der Waals surface area contributed by atoms with Gasteiger partial charge in [-0.15, -0.1) is 0 Å². The van der Waals surface area contributed by atoms with Gasteiger partial charge in [0.05, 0.1) is 6.54 Å². The monoisotopic (exact) mass is 419 g/mol. The van der Waals surface area contributed by atoms with Crippen LogP contribution in [0.2, 0.25) is 0 Å². The maximum Gasteiger partial charge on any atom is 0.193 e. The number of nitrogens with one attached hydrogen (secondary N) is 1. The highest BCUT2D eigenvalue weighted by Crippen LogP contribution is 2.30. The van der Waals surface area contributed by atoms with Crippen LogP contribution >= 0.6 is 0 Å². The van der Waals surface area contributed by atoms with Crippen molar-refractivity contribution in [1.29, 1.82) is 0 Å². The van der Waals surface area contributed by atoms with Crippen molar-refractivity contribution in [1.82, 2.24) is 20.0 Å². The van der Waals surface area contributed by atoms with E-state index in [9.17, 15) is 4.39 Å². The van der Waals surface area contributed by atoms with Crippen LogP contribution in [0.15, 0.2) is 29.3 Å². The zero-order valence-corrected chi connectivity index (χ0v) is 18.9. The second-order valence-corrected chi connectivity index (χ2v) is 8.70. The fourth-order valence-electron chi connectivity index (χ4n) is 4.57. The average Bonchev–Trinajstić information content (AvgIpc) is 2.77. The Hall–Kier alpha value is -1.86. The first-order valence-corrected chi connectivity index (χ1v) is 11.3. The Kier molecular flexibility index (Phi) is 8.33. The van der Waals surface area contributed by atoms with E-state index in [1.54, 1.807) is 12.1 Å². The number of hydrogen-bond donors (Lipinski definition) is 1. The van der Waals surface area contributed by atoms with Crippen LogP contribution in [-0.2, 0) is 0 Å². The van der Waals surface area contributed by atoms with Crippen molar-refractivity contribution < 1.29 is 9.13 Å². The van der Waals surface area contributed by atoms with Gasteiger partial charge >= 0.3 is 0 Å². The van der Waals surface area contributed by atoms with Crippen molar-refractivity contribution in [2.45, 2.75) is 37.6 Å². The molecule has 0 atom stereocenters. The van der Waals surface area contributed by atoms with Gasteiger partial charge in [0, 0.05) is 26.2 Å². The van der Waals surface area contributed by atoms with E-state index in [4.69, 9.17) is 4.74 Å². The minimum Gasteiger partial charge on any atom is -0.492 e. The summed E-state index contributed by atoms with van der Waals surface area (Å²) in [4.78, 5) is 11.8.